The third kappa shape index (κ3) is 3.51. The van der Waals surface area contributed by atoms with E-state index in [0.717, 1.165) is 24.7 Å². The number of benzene rings is 1. The normalized spacial score (nSPS) is 20.7. The quantitative estimate of drug-likeness (QED) is 0.856. The molecule has 4 heteroatoms. The second-order valence-electron chi connectivity index (χ2n) is 6.21. The molecule has 2 fully saturated rings. The van der Waals surface area contributed by atoms with Gasteiger partial charge in [0, 0.05) is 24.7 Å². The van der Waals surface area contributed by atoms with Crippen molar-refractivity contribution in [2.24, 2.45) is 5.92 Å². The van der Waals surface area contributed by atoms with Crippen molar-refractivity contribution >= 4 is 17.3 Å². The van der Waals surface area contributed by atoms with Gasteiger partial charge in [0.1, 0.15) is 6.07 Å². The summed E-state index contributed by atoms with van der Waals surface area (Å²) in [6.45, 7) is 5.94. The number of halogens is 1. The maximum atomic E-state index is 9.27. The molecule has 0 radical (unpaired) electrons. The van der Waals surface area contributed by atoms with Gasteiger partial charge in [-0.05, 0) is 62.9 Å². The van der Waals surface area contributed by atoms with Crippen LogP contribution in [0.2, 0.25) is 5.02 Å². The molecule has 0 saturated carbocycles. The molecular formula is C17H22ClN3. The standard InChI is InChI=1S/C17H22ClN3/c18-16-3-4-17(15(11-16)12-19)21-9-5-14(6-10-21)13-20-7-1-2-8-20/h3-4,11,14H,1-2,5-10,13H2. The highest BCUT2D eigenvalue weighted by molar-refractivity contribution is 6.30. The van der Waals surface area contributed by atoms with Crippen molar-refractivity contribution in [2.75, 3.05) is 37.6 Å². The summed E-state index contributed by atoms with van der Waals surface area (Å²) in [6, 6.07) is 7.91. The van der Waals surface area contributed by atoms with Crippen LogP contribution in [0.15, 0.2) is 18.2 Å². The predicted octanol–water partition coefficient (Wildman–Crippen LogP) is 3.52. The number of nitriles is 1. The van der Waals surface area contributed by atoms with Crippen LogP contribution in [0.3, 0.4) is 0 Å². The van der Waals surface area contributed by atoms with E-state index in [2.05, 4.69) is 15.9 Å². The van der Waals surface area contributed by atoms with Gasteiger partial charge in [-0.15, -0.1) is 0 Å². The lowest BCUT2D eigenvalue weighted by Crippen LogP contribution is -2.38. The Morgan fingerprint density at radius 3 is 2.52 bits per heavy atom. The van der Waals surface area contributed by atoms with Crippen LogP contribution in [-0.4, -0.2) is 37.6 Å². The molecule has 0 bridgehead atoms. The van der Waals surface area contributed by atoms with Crippen LogP contribution in [0.1, 0.15) is 31.2 Å². The van der Waals surface area contributed by atoms with E-state index in [4.69, 9.17) is 11.6 Å². The van der Waals surface area contributed by atoms with Crippen LogP contribution in [0, 0.1) is 17.2 Å². The molecule has 0 spiro atoms. The molecule has 0 N–H and O–H groups in total. The zero-order valence-electron chi connectivity index (χ0n) is 12.4. The fourth-order valence-corrected chi connectivity index (χ4v) is 3.73. The molecule has 112 valence electrons. The van der Waals surface area contributed by atoms with Gasteiger partial charge in [-0.2, -0.15) is 5.26 Å². The van der Waals surface area contributed by atoms with Gasteiger partial charge >= 0.3 is 0 Å². The molecule has 0 unspecified atom stereocenters. The lowest BCUT2D eigenvalue weighted by Gasteiger charge is -2.35. The van der Waals surface area contributed by atoms with Gasteiger partial charge in [-0.25, -0.2) is 0 Å². The number of anilines is 1. The Bertz CT molecular complexity index is 523. The van der Waals surface area contributed by atoms with Crippen LogP contribution >= 0.6 is 11.6 Å². The summed E-state index contributed by atoms with van der Waals surface area (Å²) in [6.07, 6.45) is 5.19. The number of hydrogen-bond donors (Lipinski definition) is 0. The summed E-state index contributed by atoms with van der Waals surface area (Å²) < 4.78 is 0. The summed E-state index contributed by atoms with van der Waals surface area (Å²) in [5.74, 6) is 0.817. The lowest BCUT2D eigenvalue weighted by molar-refractivity contribution is 0.249. The molecule has 0 aromatic heterocycles. The number of piperidine rings is 1. The fraction of sp³-hybridized carbons (Fsp3) is 0.588. The first-order valence-electron chi connectivity index (χ1n) is 7.93. The Morgan fingerprint density at radius 2 is 1.86 bits per heavy atom. The second-order valence-corrected chi connectivity index (χ2v) is 6.65. The van der Waals surface area contributed by atoms with Crippen molar-refractivity contribution in [3.05, 3.63) is 28.8 Å². The molecule has 3 nitrogen and oxygen atoms in total. The predicted molar refractivity (Wildman–Crippen MR) is 86.8 cm³/mol. The fourth-order valence-electron chi connectivity index (χ4n) is 3.56. The zero-order chi connectivity index (χ0) is 14.7. The molecule has 2 aliphatic heterocycles. The molecule has 0 amide bonds. The Kier molecular flexibility index (Phi) is 4.67. The van der Waals surface area contributed by atoms with Crippen molar-refractivity contribution in [3.8, 4) is 6.07 Å². The van der Waals surface area contributed by atoms with Gasteiger partial charge in [0.25, 0.3) is 0 Å². The highest BCUT2D eigenvalue weighted by Gasteiger charge is 2.24. The Labute approximate surface area is 132 Å². The average Bonchev–Trinajstić information content (AvgIpc) is 3.01. The van der Waals surface area contributed by atoms with Crippen LogP contribution < -0.4 is 4.90 Å². The smallest absolute Gasteiger partial charge is 0.101 e. The number of rotatable bonds is 3. The topological polar surface area (TPSA) is 30.3 Å². The minimum atomic E-state index is 0.638. The van der Waals surface area contributed by atoms with Crippen molar-refractivity contribution in [1.82, 2.24) is 4.90 Å². The molecule has 2 saturated heterocycles. The van der Waals surface area contributed by atoms with Gasteiger partial charge < -0.3 is 9.80 Å². The maximum Gasteiger partial charge on any atom is 0.101 e. The summed E-state index contributed by atoms with van der Waals surface area (Å²) in [7, 11) is 0. The Morgan fingerprint density at radius 1 is 1.14 bits per heavy atom. The second kappa shape index (κ2) is 6.68. The number of likely N-dealkylation sites (tertiary alicyclic amines) is 1. The summed E-state index contributed by atoms with van der Waals surface area (Å²) in [5.41, 5.74) is 1.74. The van der Waals surface area contributed by atoms with E-state index in [0.29, 0.717) is 10.6 Å². The summed E-state index contributed by atoms with van der Waals surface area (Å²) in [5, 5.41) is 9.91. The molecule has 0 aliphatic carbocycles. The van der Waals surface area contributed by atoms with Crippen LogP contribution in [0.25, 0.3) is 0 Å². The van der Waals surface area contributed by atoms with Crippen molar-refractivity contribution < 1.29 is 0 Å². The van der Waals surface area contributed by atoms with E-state index < -0.39 is 0 Å². The largest absolute Gasteiger partial charge is 0.370 e. The van der Waals surface area contributed by atoms with Gasteiger partial charge in [-0.3, -0.25) is 0 Å². The van der Waals surface area contributed by atoms with Crippen LogP contribution in [-0.2, 0) is 0 Å². The molecule has 0 atom stereocenters. The summed E-state index contributed by atoms with van der Waals surface area (Å²) >= 11 is 5.98. The molecule has 1 aromatic rings. The van der Waals surface area contributed by atoms with Gasteiger partial charge in [-0.1, -0.05) is 11.6 Å². The molecular weight excluding hydrogens is 282 g/mol. The Balaban J connectivity index is 1.59. The van der Waals surface area contributed by atoms with Gasteiger partial charge in [0.2, 0.25) is 0 Å². The molecule has 2 aliphatic rings. The van der Waals surface area contributed by atoms with Crippen LogP contribution in [0.5, 0.6) is 0 Å². The third-order valence-electron chi connectivity index (χ3n) is 4.75. The van der Waals surface area contributed by atoms with E-state index in [1.165, 1.54) is 45.3 Å². The first kappa shape index (κ1) is 14.7. The van der Waals surface area contributed by atoms with Gasteiger partial charge in [0.15, 0.2) is 0 Å². The molecule has 2 heterocycles. The maximum absolute atomic E-state index is 9.27. The Hall–Kier alpha value is -1.24. The highest BCUT2D eigenvalue weighted by atomic mass is 35.5. The van der Waals surface area contributed by atoms with E-state index in [1.807, 2.05) is 12.1 Å². The van der Waals surface area contributed by atoms with E-state index in [-0.39, 0.29) is 0 Å². The van der Waals surface area contributed by atoms with E-state index in [1.54, 1.807) is 6.07 Å². The van der Waals surface area contributed by atoms with Crippen LogP contribution in [0.4, 0.5) is 5.69 Å². The minimum Gasteiger partial charge on any atom is -0.370 e. The highest BCUT2D eigenvalue weighted by Crippen LogP contribution is 2.28. The zero-order valence-corrected chi connectivity index (χ0v) is 13.1. The number of nitrogens with zero attached hydrogens (tertiary/aromatic N) is 3. The number of hydrogen-bond acceptors (Lipinski definition) is 3. The first-order valence-corrected chi connectivity index (χ1v) is 8.31. The van der Waals surface area contributed by atoms with E-state index in [9.17, 15) is 5.26 Å². The van der Waals surface area contributed by atoms with Crippen molar-refractivity contribution in [3.63, 3.8) is 0 Å². The minimum absolute atomic E-state index is 0.638. The molecule has 3 rings (SSSR count). The molecule has 21 heavy (non-hydrogen) atoms. The van der Waals surface area contributed by atoms with Crippen molar-refractivity contribution in [2.45, 2.75) is 25.7 Å². The molecule has 1 aromatic carbocycles. The third-order valence-corrected chi connectivity index (χ3v) is 4.98. The first-order chi connectivity index (χ1) is 10.3. The SMILES string of the molecule is N#Cc1cc(Cl)ccc1N1CCC(CN2CCCC2)CC1. The lowest BCUT2D eigenvalue weighted by atomic mass is 9.95. The summed E-state index contributed by atoms with van der Waals surface area (Å²) in [4.78, 5) is 4.96. The monoisotopic (exact) mass is 303 g/mol. The average molecular weight is 304 g/mol. The van der Waals surface area contributed by atoms with Crippen molar-refractivity contribution in [1.29, 1.82) is 5.26 Å². The van der Waals surface area contributed by atoms with Gasteiger partial charge in [0.05, 0.1) is 11.3 Å². The van der Waals surface area contributed by atoms with E-state index >= 15 is 0 Å².